The second kappa shape index (κ2) is 7.34. The SMILES string of the molecule is CCCNC(C1=CCCCO1)C(C)c1ccccc1. The largest absolute Gasteiger partial charge is 0.497 e. The van der Waals surface area contributed by atoms with Gasteiger partial charge in [0.05, 0.1) is 12.6 Å². The van der Waals surface area contributed by atoms with E-state index < -0.39 is 0 Å². The maximum absolute atomic E-state index is 5.88. The Balaban J connectivity index is 2.14. The van der Waals surface area contributed by atoms with E-state index in [2.05, 4.69) is 55.6 Å². The highest BCUT2D eigenvalue weighted by Crippen LogP contribution is 2.26. The van der Waals surface area contributed by atoms with Gasteiger partial charge in [0.2, 0.25) is 0 Å². The number of nitrogens with one attached hydrogen (secondary N) is 1. The monoisotopic (exact) mass is 259 g/mol. The van der Waals surface area contributed by atoms with Gasteiger partial charge in [0.1, 0.15) is 5.76 Å². The lowest BCUT2D eigenvalue weighted by Crippen LogP contribution is -2.37. The zero-order valence-corrected chi connectivity index (χ0v) is 12.1. The van der Waals surface area contributed by atoms with Crippen LogP contribution in [-0.2, 0) is 4.74 Å². The molecule has 1 aliphatic heterocycles. The molecular formula is C17H25NO. The lowest BCUT2D eigenvalue weighted by molar-refractivity contribution is 0.161. The van der Waals surface area contributed by atoms with Crippen LogP contribution in [0.15, 0.2) is 42.2 Å². The van der Waals surface area contributed by atoms with E-state index in [1.165, 1.54) is 5.56 Å². The minimum absolute atomic E-state index is 0.294. The van der Waals surface area contributed by atoms with E-state index in [1.54, 1.807) is 0 Å². The number of allylic oxidation sites excluding steroid dienone is 1. The first-order valence-corrected chi connectivity index (χ1v) is 7.44. The molecule has 2 atom stereocenters. The van der Waals surface area contributed by atoms with Gasteiger partial charge in [-0.3, -0.25) is 0 Å². The molecule has 2 rings (SSSR count). The maximum atomic E-state index is 5.88. The van der Waals surface area contributed by atoms with Gasteiger partial charge in [-0.2, -0.15) is 0 Å². The smallest absolute Gasteiger partial charge is 0.109 e. The Morgan fingerprint density at radius 1 is 1.26 bits per heavy atom. The third-order valence-corrected chi connectivity index (χ3v) is 3.71. The van der Waals surface area contributed by atoms with Crippen LogP contribution in [0.2, 0.25) is 0 Å². The van der Waals surface area contributed by atoms with Crippen molar-refractivity contribution in [3.8, 4) is 0 Å². The molecule has 1 aromatic carbocycles. The Kier molecular flexibility index (Phi) is 5.46. The van der Waals surface area contributed by atoms with Crippen LogP contribution in [0.1, 0.15) is 44.6 Å². The molecular weight excluding hydrogens is 234 g/mol. The number of rotatable bonds is 6. The topological polar surface area (TPSA) is 21.3 Å². The van der Waals surface area contributed by atoms with Crippen LogP contribution in [0.5, 0.6) is 0 Å². The maximum Gasteiger partial charge on any atom is 0.109 e. The van der Waals surface area contributed by atoms with Gasteiger partial charge in [-0.15, -0.1) is 0 Å². The van der Waals surface area contributed by atoms with Crippen molar-refractivity contribution < 1.29 is 4.74 Å². The average molecular weight is 259 g/mol. The summed E-state index contributed by atoms with van der Waals surface area (Å²) in [6, 6.07) is 11.0. The fraction of sp³-hybridized carbons (Fsp3) is 0.529. The molecule has 1 aromatic rings. The molecule has 19 heavy (non-hydrogen) atoms. The third kappa shape index (κ3) is 3.84. The number of benzene rings is 1. The molecule has 2 nitrogen and oxygen atoms in total. The molecule has 0 saturated heterocycles. The van der Waals surface area contributed by atoms with Crippen LogP contribution in [-0.4, -0.2) is 19.2 Å². The average Bonchev–Trinajstić information content (AvgIpc) is 2.49. The van der Waals surface area contributed by atoms with Crippen molar-refractivity contribution in [2.75, 3.05) is 13.2 Å². The molecule has 0 radical (unpaired) electrons. The molecule has 0 spiro atoms. The molecule has 0 bridgehead atoms. The highest BCUT2D eigenvalue weighted by atomic mass is 16.5. The summed E-state index contributed by atoms with van der Waals surface area (Å²) < 4.78 is 5.88. The molecule has 0 aliphatic carbocycles. The van der Waals surface area contributed by atoms with Crippen molar-refractivity contribution >= 4 is 0 Å². The van der Waals surface area contributed by atoms with Gasteiger partial charge in [-0.05, 0) is 37.4 Å². The lowest BCUT2D eigenvalue weighted by atomic mass is 9.91. The summed E-state index contributed by atoms with van der Waals surface area (Å²) >= 11 is 0. The van der Waals surface area contributed by atoms with E-state index in [0.29, 0.717) is 12.0 Å². The van der Waals surface area contributed by atoms with Crippen LogP contribution >= 0.6 is 0 Å². The summed E-state index contributed by atoms with van der Waals surface area (Å²) in [5.41, 5.74) is 1.37. The molecule has 2 unspecified atom stereocenters. The molecule has 0 fully saturated rings. The quantitative estimate of drug-likeness (QED) is 0.837. The highest BCUT2D eigenvalue weighted by molar-refractivity contribution is 5.24. The van der Waals surface area contributed by atoms with Crippen molar-refractivity contribution in [3.63, 3.8) is 0 Å². The normalized spacial score (nSPS) is 18.3. The summed E-state index contributed by atoms with van der Waals surface area (Å²) in [6.07, 6.45) is 5.69. The first kappa shape index (κ1) is 14.1. The van der Waals surface area contributed by atoms with Gasteiger partial charge in [-0.25, -0.2) is 0 Å². The Bertz CT molecular complexity index is 399. The molecule has 1 N–H and O–H groups in total. The highest BCUT2D eigenvalue weighted by Gasteiger charge is 2.24. The summed E-state index contributed by atoms with van der Waals surface area (Å²) in [6.45, 7) is 6.37. The van der Waals surface area contributed by atoms with E-state index in [4.69, 9.17) is 4.74 Å². The minimum Gasteiger partial charge on any atom is -0.497 e. The van der Waals surface area contributed by atoms with E-state index in [1.807, 2.05) is 0 Å². The van der Waals surface area contributed by atoms with E-state index in [9.17, 15) is 0 Å². The number of ether oxygens (including phenoxy) is 1. The van der Waals surface area contributed by atoms with Gasteiger partial charge in [-0.1, -0.05) is 44.2 Å². The van der Waals surface area contributed by atoms with Gasteiger partial charge in [0, 0.05) is 5.92 Å². The molecule has 104 valence electrons. The van der Waals surface area contributed by atoms with E-state index >= 15 is 0 Å². The third-order valence-electron chi connectivity index (χ3n) is 3.71. The summed E-state index contributed by atoms with van der Waals surface area (Å²) in [4.78, 5) is 0. The van der Waals surface area contributed by atoms with Crippen molar-refractivity contribution in [2.45, 2.75) is 45.1 Å². The molecule has 2 heteroatoms. The Morgan fingerprint density at radius 3 is 2.68 bits per heavy atom. The van der Waals surface area contributed by atoms with Crippen LogP contribution < -0.4 is 5.32 Å². The molecule has 1 aliphatic rings. The molecule has 0 aromatic heterocycles. The van der Waals surface area contributed by atoms with Crippen LogP contribution in [0.3, 0.4) is 0 Å². The van der Waals surface area contributed by atoms with Crippen molar-refractivity contribution in [1.82, 2.24) is 5.32 Å². The zero-order chi connectivity index (χ0) is 13.5. The lowest BCUT2D eigenvalue weighted by Gasteiger charge is -2.29. The standard InChI is InChI=1S/C17H25NO/c1-3-12-18-17(16-11-7-8-13-19-16)14(2)15-9-5-4-6-10-15/h4-6,9-11,14,17-18H,3,7-8,12-13H2,1-2H3. The molecule has 0 saturated carbocycles. The van der Waals surface area contributed by atoms with E-state index in [-0.39, 0.29) is 0 Å². The van der Waals surface area contributed by atoms with E-state index in [0.717, 1.165) is 38.2 Å². The fourth-order valence-corrected chi connectivity index (χ4v) is 2.57. The van der Waals surface area contributed by atoms with Gasteiger partial charge >= 0.3 is 0 Å². The summed E-state index contributed by atoms with van der Waals surface area (Å²) in [5.74, 6) is 1.56. The predicted molar refractivity (Wildman–Crippen MR) is 80.2 cm³/mol. The van der Waals surface area contributed by atoms with Gasteiger partial charge < -0.3 is 10.1 Å². The molecule has 1 heterocycles. The second-order valence-corrected chi connectivity index (χ2v) is 5.23. The fourth-order valence-electron chi connectivity index (χ4n) is 2.57. The summed E-state index contributed by atoms with van der Waals surface area (Å²) in [7, 11) is 0. The van der Waals surface area contributed by atoms with Crippen molar-refractivity contribution in [2.24, 2.45) is 0 Å². The van der Waals surface area contributed by atoms with Gasteiger partial charge in [0.15, 0.2) is 0 Å². The Morgan fingerprint density at radius 2 is 2.05 bits per heavy atom. The van der Waals surface area contributed by atoms with Crippen LogP contribution in [0.25, 0.3) is 0 Å². The number of hydrogen-bond donors (Lipinski definition) is 1. The first-order valence-electron chi connectivity index (χ1n) is 7.44. The Labute approximate surface area is 116 Å². The predicted octanol–water partition coefficient (Wildman–Crippen LogP) is 3.85. The second-order valence-electron chi connectivity index (χ2n) is 5.23. The van der Waals surface area contributed by atoms with Crippen LogP contribution in [0.4, 0.5) is 0 Å². The Hall–Kier alpha value is -1.28. The van der Waals surface area contributed by atoms with Crippen molar-refractivity contribution in [1.29, 1.82) is 0 Å². The number of hydrogen-bond acceptors (Lipinski definition) is 2. The van der Waals surface area contributed by atoms with Gasteiger partial charge in [0.25, 0.3) is 0 Å². The summed E-state index contributed by atoms with van der Waals surface area (Å²) in [5, 5.41) is 3.64. The van der Waals surface area contributed by atoms with Crippen molar-refractivity contribution in [3.05, 3.63) is 47.7 Å². The zero-order valence-electron chi connectivity index (χ0n) is 12.1. The minimum atomic E-state index is 0.294. The van der Waals surface area contributed by atoms with Crippen LogP contribution in [0, 0.1) is 0 Å². The first-order chi connectivity index (χ1) is 9.33. The molecule has 0 amide bonds.